The minimum Gasteiger partial charge on any atom is -0.396 e. The van der Waals surface area contributed by atoms with Crippen LogP contribution in [0.15, 0.2) is 30.3 Å². The van der Waals surface area contributed by atoms with Crippen molar-refractivity contribution in [1.82, 2.24) is 0 Å². The third-order valence-corrected chi connectivity index (χ3v) is 2.93. The molecule has 2 rings (SSSR count). The molecule has 0 aliphatic rings. The predicted molar refractivity (Wildman–Crippen MR) is 74.9 cm³/mol. The third-order valence-electron chi connectivity index (χ3n) is 2.70. The van der Waals surface area contributed by atoms with E-state index >= 15 is 0 Å². The summed E-state index contributed by atoms with van der Waals surface area (Å²) >= 11 is 5.76. The van der Waals surface area contributed by atoms with Crippen molar-refractivity contribution in [2.24, 2.45) is 0 Å². The molecule has 0 spiro atoms. The molecule has 1 amide bonds. The molecule has 0 bridgehead atoms. The molecule has 3 N–H and O–H groups in total. The van der Waals surface area contributed by atoms with Gasteiger partial charge in [-0.05, 0) is 30.3 Å². The van der Waals surface area contributed by atoms with E-state index in [2.05, 4.69) is 5.32 Å². The summed E-state index contributed by atoms with van der Waals surface area (Å²) in [5, 5.41) is 11.4. The molecule has 106 valence electrons. The van der Waals surface area contributed by atoms with Crippen LogP contribution in [-0.2, 0) is 0 Å². The Labute approximate surface area is 123 Å². The molecule has 0 unspecified atom stereocenters. The number of hydrogen-bond acceptors (Lipinski definition) is 3. The predicted octanol–water partition coefficient (Wildman–Crippen LogP) is 3.32. The van der Waals surface area contributed by atoms with Crippen LogP contribution in [0.3, 0.4) is 0 Å². The maximum Gasteiger partial charge on any atom is 0.261 e. The Morgan fingerprint density at radius 2 is 2.00 bits per heavy atom. The van der Waals surface area contributed by atoms with Crippen molar-refractivity contribution in [3.05, 3.63) is 58.1 Å². The van der Waals surface area contributed by atoms with Crippen molar-refractivity contribution in [3.8, 4) is 6.07 Å². The SMILES string of the molecule is N#Cc1ccc(Cl)cc1NC(=O)c1c(F)ccc(N)c1F. The molecule has 0 heterocycles. The molecule has 4 nitrogen and oxygen atoms in total. The van der Waals surface area contributed by atoms with Gasteiger partial charge in [0.05, 0.1) is 16.9 Å². The van der Waals surface area contributed by atoms with E-state index < -0.39 is 23.1 Å². The molecule has 0 atom stereocenters. The van der Waals surface area contributed by atoms with Gasteiger partial charge < -0.3 is 11.1 Å². The van der Waals surface area contributed by atoms with E-state index in [1.165, 1.54) is 18.2 Å². The molecule has 7 heteroatoms. The van der Waals surface area contributed by atoms with Crippen LogP contribution in [-0.4, -0.2) is 5.91 Å². The number of nitrogen functional groups attached to an aromatic ring is 1. The van der Waals surface area contributed by atoms with Gasteiger partial charge in [0, 0.05) is 5.02 Å². The van der Waals surface area contributed by atoms with Crippen molar-refractivity contribution in [2.75, 3.05) is 11.1 Å². The molecular weight excluding hydrogens is 300 g/mol. The zero-order chi connectivity index (χ0) is 15.6. The summed E-state index contributed by atoms with van der Waals surface area (Å²) < 4.78 is 27.4. The Bertz CT molecular complexity index is 772. The lowest BCUT2D eigenvalue weighted by molar-refractivity contribution is 0.101. The molecule has 0 radical (unpaired) electrons. The monoisotopic (exact) mass is 307 g/mol. The van der Waals surface area contributed by atoms with Crippen LogP contribution < -0.4 is 11.1 Å². The molecule has 21 heavy (non-hydrogen) atoms. The van der Waals surface area contributed by atoms with Gasteiger partial charge >= 0.3 is 0 Å². The number of nitrogens with one attached hydrogen (secondary N) is 1. The maximum absolute atomic E-state index is 13.8. The second-order valence-corrected chi connectivity index (χ2v) is 4.52. The van der Waals surface area contributed by atoms with Crippen LogP contribution in [0.1, 0.15) is 15.9 Å². The van der Waals surface area contributed by atoms with Crippen LogP contribution in [0.5, 0.6) is 0 Å². The topological polar surface area (TPSA) is 78.9 Å². The standard InChI is InChI=1S/C14H8ClF2N3O/c15-8-2-1-7(6-18)11(5-8)20-14(21)12-9(16)3-4-10(19)13(12)17/h1-5H,19H2,(H,20,21). The van der Waals surface area contributed by atoms with Crippen molar-refractivity contribution in [1.29, 1.82) is 5.26 Å². The van der Waals surface area contributed by atoms with Gasteiger partial charge in [-0.1, -0.05) is 11.6 Å². The number of rotatable bonds is 2. The summed E-state index contributed by atoms with van der Waals surface area (Å²) in [6.07, 6.45) is 0. The summed E-state index contributed by atoms with van der Waals surface area (Å²) in [4.78, 5) is 12.0. The Hall–Kier alpha value is -2.65. The number of nitrogens with zero attached hydrogens (tertiary/aromatic N) is 1. The molecule has 0 aromatic heterocycles. The smallest absolute Gasteiger partial charge is 0.261 e. The maximum atomic E-state index is 13.8. The number of carbonyl (C=O) groups is 1. The number of amides is 1. The number of nitrogens with two attached hydrogens (primary N) is 1. The van der Waals surface area contributed by atoms with Crippen LogP contribution in [0, 0.1) is 23.0 Å². The van der Waals surface area contributed by atoms with E-state index in [1.807, 2.05) is 6.07 Å². The minimum atomic E-state index is -1.16. The van der Waals surface area contributed by atoms with E-state index in [9.17, 15) is 13.6 Å². The molecular formula is C14H8ClF2N3O. The second-order valence-electron chi connectivity index (χ2n) is 4.08. The first kappa shape index (κ1) is 14.8. The molecule has 0 saturated carbocycles. The average Bonchev–Trinajstić information content (AvgIpc) is 2.43. The molecule has 2 aromatic rings. The summed E-state index contributed by atoms with van der Waals surface area (Å²) in [5.41, 5.74) is 4.29. The lowest BCUT2D eigenvalue weighted by Crippen LogP contribution is -2.17. The molecule has 2 aromatic carbocycles. The summed E-state index contributed by atoms with van der Waals surface area (Å²) in [7, 11) is 0. The van der Waals surface area contributed by atoms with Gasteiger partial charge in [-0.2, -0.15) is 5.26 Å². The van der Waals surface area contributed by atoms with E-state index in [4.69, 9.17) is 22.6 Å². The Kier molecular flexibility index (Phi) is 4.05. The lowest BCUT2D eigenvalue weighted by atomic mass is 10.1. The van der Waals surface area contributed by atoms with Crippen LogP contribution in [0.4, 0.5) is 20.2 Å². The van der Waals surface area contributed by atoms with Crippen molar-refractivity contribution < 1.29 is 13.6 Å². The summed E-state index contributed by atoms with van der Waals surface area (Å²) in [6.45, 7) is 0. The number of anilines is 2. The lowest BCUT2D eigenvalue weighted by Gasteiger charge is -2.10. The fourth-order valence-electron chi connectivity index (χ4n) is 1.68. The highest BCUT2D eigenvalue weighted by Gasteiger charge is 2.20. The van der Waals surface area contributed by atoms with Crippen molar-refractivity contribution in [2.45, 2.75) is 0 Å². The van der Waals surface area contributed by atoms with Gasteiger partial charge in [-0.25, -0.2) is 8.78 Å². The van der Waals surface area contributed by atoms with E-state index in [0.29, 0.717) is 0 Å². The Morgan fingerprint density at radius 1 is 1.29 bits per heavy atom. The van der Waals surface area contributed by atoms with Crippen LogP contribution in [0.2, 0.25) is 5.02 Å². The molecule has 0 aliphatic heterocycles. The van der Waals surface area contributed by atoms with Gasteiger partial charge in [0.25, 0.3) is 5.91 Å². The quantitative estimate of drug-likeness (QED) is 0.835. The third kappa shape index (κ3) is 2.93. The van der Waals surface area contributed by atoms with Gasteiger partial charge in [0.2, 0.25) is 0 Å². The molecule has 0 saturated heterocycles. The summed E-state index contributed by atoms with van der Waals surface area (Å²) in [6, 6.07) is 7.88. The highest BCUT2D eigenvalue weighted by Crippen LogP contribution is 2.23. The fourth-order valence-corrected chi connectivity index (χ4v) is 1.85. The largest absolute Gasteiger partial charge is 0.396 e. The first-order valence-corrected chi connectivity index (χ1v) is 6.06. The number of hydrogen-bond donors (Lipinski definition) is 2. The van der Waals surface area contributed by atoms with Crippen LogP contribution >= 0.6 is 11.6 Å². The normalized spacial score (nSPS) is 10.0. The van der Waals surface area contributed by atoms with Gasteiger partial charge in [0.15, 0.2) is 5.82 Å². The first-order valence-electron chi connectivity index (χ1n) is 5.68. The number of halogens is 3. The zero-order valence-corrected chi connectivity index (χ0v) is 11.2. The highest BCUT2D eigenvalue weighted by atomic mass is 35.5. The van der Waals surface area contributed by atoms with E-state index in [1.54, 1.807) is 0 Å². The number of benzene rings is 2. The number of carbonyl (C=O) groups excluding carboxylic acids is 1. The number of nitriles is 1. The van der Waals surface area contributed by atoms with E-state index in [0.717, 1.165) is 12.1 Å². The minimum absolute atomic E-state index is 0.0521. The first-order chi connectivity index (χ1) is 9.93. The van der Waals surface area contributed by atoms with Gasteiger partial charge in [-0.15, -0.1) is 0 Å². The van der Waals surface area contributed by atoms with Crippen molar-refractivity contribution in [3.63, 3.8) is 0 Å². The Morgan fingerprint density at radius 3 is 2.67 bits per heavy atom. The molecule has 0 aliphatic carbocycles. The fraction of sp³-hybridized carbons (Fsp3) is 0. The van der Waals surface area contributed by atoms with Gasteiger partial charge in [0.1, 0.15) is 17.4 Å². The zero-order valence-electron chi connectivity index (χ0n) is 10.5. The van der Waals surface area contributed by atoms with Crippen LogP contribution in [0.25, 0.3) is 0 Å². The average molecular weight is 308 g/mol. The summed E-state index contributed by atoms with van der Waals surface area (Å²) in [5.74, 6) is -3.27. The van der Waals surface area contributed by atoms with E-state index in [-0.39, 0.29) is 22.0 Å². The van der Waals surface area contributed by atoms with Crippen molar-refractivity contribution >= 4 is 28.9 Å². The second kappa shape index (κ2) is 5.77. The molecule has 0 fully saturated rings. The Balaban J connectivity index is 2.42. The van der Waals surface area contributed by atoms with Gasteiger partial charge in [-0.3, -0.25) is 4.79 Å². The highest BCUT2D eigenvalue weighted by molar-refractivity contribution is 6.31.